The van der Waals surface area contributed by atoms with Crippen molar-refractivity contribution in [3.8, 4) is 0 Å². The number of nitrogens with zero attached hydrogens (tertiary/aromatic N) is 3. The average molecular weight is 265 g/mol. The molecule has 0 aliphatic carbocycles. The van der Waals surface area contributed by atoms with Gasteiger partial charge in [0.15, 0.2) is 0 Å². The maximum atomic E-state index is 6.20. The van der Waals surface area contributed by atoms with Crippen molar-refractivity contribution in [2.75, 3.05) is 0 Å². The van der Waals surface area contributed by atoms with Crippen LogP contribution in [0.2, 0.25) is 5.02 Å². The summed E-state index contributed by atoms with van der Waals surface area (Å²) in [5.41, 5.74) is 8.53. The largest absolute Gasteiger partial charge is 0.321 e. The van der Waals surface area contributed by atoms with Gasteiger partial charge in [-0.15, -0.1) is 0 Å². The van der Waals surface area contributed by atoms with Crippen LogP contribution in [-0.4, -0.2) is 20.5 Å². The minimum atomic E-state index is -0.461. The van der Waals surface area contributed by atoms with Crippen LogP contribution in [0.25, 0.3) is 11.0 Å². The van der Waals surface area contributed by atoms with Gasteiger partial charge >= 0.3 is 0 Å². The molecule has 0 fully saturated rings. The minimum absolute atomic E-state index is 0.461. The molecule has 1 unspecified atom stereocenters. The Labute approximate surface area is 111 Å². The highest BCUT2D eigenvalue weighted by Gasteiger charge is 2.17. The van der Waals surface area contributed by atoms with Crippen molar-refractivity contribution < 1.29 is 0 Å². The molecule has 5 heteroatoms. The summed E-state index contributed by atoms with van der Waals surface area (Å²) in [4.78, 5) is 1.63. The van der Waals surface area contributed by atoms with E-state index in [4.69, 9.17) is 17.3 Å². The summed E-state index contributed by atoms with van der Waals surface area (Å²) in [7, 11) is 0. The van der Waals surface area contributed by atoms with Gasteiger partial charge < -0.3 is 5.73 Å². The first-order valence-corrected chi connectivity index (χ1v) is 6.19. The molecule has 2 aromatic rings. The Balaban J connectivity index is 2.30. The normalized spacial score (nSPS) is 14.5. The summed E-state index contributed by atoms with van der Waals surface area (Å²) >= 11 is 5.92. The van der Waals surface area contributed by atoms with Crippen molar-refractivity contribution in [3.05, 3.63) is 34.9 Å². The van der Waals surface area contributed by atoms with Gasteiger partial charge in [-0.25, -0.2) is 0 Å². The lowest BCUT2D eigenvalue weighted by atomic mass is 10.0. The second-order valence-corrected chi connectivity index (χ2v) is 5.53. The molecule has 0 aliphatic heterocycles. The van der Waals surface area contributed by atoms with E-state index in [0.717, 1.165) is 11.0 Å². The molecule has 0 spiro atoms. The summed E-state index contributed by atoms with van der Waals surface area (Å²) in [6.07, 6.45) is 2.02. The Hall–Kier alpha value is -1.39. The first-order chi connectivity index (χ1) is 8.35. The Bertz CT molecular complexity index is 594. The number of benzene rings is 1. The summed E-state index contributed by atoms with van der Waals surface area (Å²) < 4.78 is 0. The highest BCUT2D eigenvalue weighted by molar-refractivity contribution is 6.31. The molecule has 4 nitrogen and oxygen atoms in total. The zero-order valence-corrected chi connectivity index (χ0v) is 11.6. The summed E-state index contributed by atoms with van der Waals surface area (Å²) in [6.45, 7) is 6.54. The Kier molecular flexibility index (Phi) is 3.41. The molecule has 0 bridgehead atoms. The molecule has 1 heterocycles. The Morgan fingerprint density at radius 2 is 2.06 bits per heavy atom. The lowest BCUT2D eigenvalue weighted by Crippen LogP contribution is -2.39. The predicted molar refractivity (Wildman–Crippen MR) is 74.6 cm³/mol. The zero-order chi connectivity index (χ0) is 13.3. The molecule has 0 saturated heterocycles. The van der Waals surface area contributed by atoms with Crippen LogP contribution in [0.3, 0.4) is 0 Å². The fourth-order valence-electron chi connectivity index (χ4n) is 2.01. The number of hydrogen-bond donors (Lipinski definition) is 1. The lowest BCUT2D eigenvalue weighted by molar-refractivity contribution is 0.414. The summed E-state index contributed by atoms with van der Waals surface area (Å²) in [5.74, 6) is 0. The van der Waals surface area contributed by atoms with Crippen molar-refractivity contribution in [2.24, 2.45) is 5.73 Å². The van der Waals surface area contributed by atoms with Crippen molar-refractivity contribution in [2.45, 2.75) is 32.9 Å². The highest BCUT2D eigenvalue weighted by atomic mass is 35.5. The van der Waals surface area contributed by atoms with E-state index in [-0.39, 0.29) is 0 Å². The number of hydrogen-bond acceptors (Lipinski definition) is 3. The molecule has 1 aromatic carbocycles. The molecule has 1 atom stereocenters. The first-order valence-electron chi connectivity index (χ1n) is 5.81. The van der Waals surface area contributed by atoms with Crippen molar-refractivity contribution >= 4 is 22.6 Å². The number of allylic oxidation sites excluding steroid dienone is 1. The van der Waals surface area contributed by atoms with Gasteiger partial charge in [0.1, 0.15) is 11.0 Å². The second kappa shape index (κ2) is 4.71. The van der Waals surface area contributed by atoms with E-state index in [2.05, 4.69) is 10.2 Å². The van der Waals surface area contributed by atoms with Gasteiger partial charge in [0.05, 0.1) is 12.1 Å². The maximum Gasteiger partial charge on any atom is 0.114 e. The van der Waals surface area contributed by atoms with Gasteiger partial charge in [-0.3, -0.25) is 0 Å². The van der Waals surface area contributed by atoms with Gasteiger partial charge in [0.2, 0.25) is 0 Å². The third-order valence-electron chi connectivity index (χ3n) is 2.48. The van der Waals surface area contributed by atoms with Gasteiger partial charge in [-0.1, -0.05) is 23.3 Å². The summed E-state index contributed by atoms with van der Waals surface area (Å²) in [6, 6.07) is 5.46. The number of rotatable bonds is 3. The molecule has 18 heavy (non-hydrogen) atoms. The molecular weight excluding hydrogens is 248 g/mol. The Morgan fingerprint density at radius 3 is 2.72 bits per heavy atom. The average Bonchev–Trinajstić information content (AvgIpc) is 2.55. The molecule has 96 valence electrons. The van der Waals surface area contributed by atoms with Crippen LogP contribution in [0, 0.1) is 0 Å². The molecule has 0 aliphatic rings. The number of aromatic nitrogens is 3. The fourth-order valence-corrected chi connectivity index (χ4v) is 2.18. The number of fused-ring (bicyclic) bond motifs is 1. The van der Waals surface area contributed by atoms with E-state index in [0.29, 0.717) is 11.6 Å². The maximum absolute atomic E-state index is 6.20. The highest BCUT2D eigenvalue weighted by Crippen LogP contribution is 2.16. The molecule has 0 radical (unpaired) electrons. The van der Waals surface area contributed by atoms with Crippen LogP contribution in [0.15, 0.2) is 29.8 Å². The van der Waals surface area contributed by atoms with Gasteiger partial charge in [0, 0.05) is 5.02 Å². The lowest BCUT2D eigenvalue weighted by Gasteiger charge is -2.20. The van der Waals surface area contributed by atoms with E-state index in [1.54, 1.807) is 16.9 Å². The topological polar surface area (TPSA) is 56.7 Å². The van der Waals surface area contributed by atoms with E-state index in [9.17, 15) is 0 Å². The van der Waals surface area contributed by atoms with Crippen LogP contribution in [0.4, 0.5) is 0 Å². The van der Waals surface area contributed by atoms with E-state index in [1.807, 2.05) is 32.9 Å². The van der Waals surface area contributed by atoms with E-state index < -0.39 is 5.54 Å². The predicted octanol–water partition coefficient (Wildman–Crippen LogP) is 2.77. The zero-order valence-electron chi connectivity index (χ0n) is 10.8. The molecule has 1 aromatic heterocycles. The molecule has 2 N–H and O–H groups in total. The van der Waals surface area contributed by atoms with Crippen LogP contribution >= 0.6 is 11.6 Å². The third-order valence-corrected chi connectivity index (χ3v) is 2.72. The second-order valence-electron chi connectivity index (χ2n) is 5.09. The minimum Gasteiger partial charge on any atom is -0.321 e. The molecular formula is C13H17ClN4. The fraction of sp³-hybridized carbons (Fsp3) is 0.385. The van der Waals surface area contributed by atoms with Crippen LogP contribution < -0.4 is 5.73 Å². The van der Waals surface area contributed by atoms with E-state index >= 15 is 0 Å². The standard InChI is InChI=1S/C13H17ClN4/c1-9(2)7-13(3,15)8-18-16-11-5-4-10(14)6-12(11)17-18/h4-7H,8,15H2,1-3H3. The van der Waals surface area contributed by atoms with Crippen LogP contribution in [0.5, 0.6) is 0 Å². The quantitative estimate of drug-likeness (QED) is 0.868. The number of nitrogens with two attached hydrogens (primary N) is 1. The first kappa shape index (κ1) is 13.1. The summed E-state index contributed by atoms with van der Waals surface area (Å²) in [5, 5.41) is 9.42. The van der Waals surface area contributed by atoms with Crippen LogP contribution in [0.1, 0.15) is 20.8 Å². The number of halogens is 1. The third kappa shape index (κ3) is 3.09. The smallest absolute Gasteiger partial charge is 0.114 e. The van der Waals surface area contributed by atoms with E-state index in [1.165, 1.54) is 5.57 Å². The van der Waals surface area contributed by atoms with Crippen molar-refractivity contribution in [1.82, 2.24) is 15.0 Å². The molecule has 0 saturated carbocycles. The molecule has 0 amide bonds. The monoisotopic (exact) mass is 264 g/mol. The van der Waals surface area contributed by atoms with Crippen LogP contribution in [-0.2, 0) is 6.54 Å². The van der Waals surface area contributed by atoms with Crippen molar-refractivity contribution in [1.29, 1.82) is 0 Å². The van der Waals surface area contributed by atoms with Gasteiger partial charge in [-0.05, 0) is 39.0 Å². The van der Waals surface area contributed by atoms with Gasteiger partial charge in [0.25, 0.3) is 0 Å². The molecule has 2 rings (SSSR count). The Morgan fingerprint density at radius 1 is 1.39 bits per heavy atom. The SMILES string of the molecule is CC(C)=CC(C)(N)Cn1nc2ccc(Cl)cc2n1. The van der Waals surface area contributed by atoms with Gasteiger partial charge in [-0.2, -0.15) is 15.0 Å². The van der Waals surface area contributed by atoms with Crippen molar-refractivity contribution in [3.63, 3.8) is 0 Å².